The molecule has 1 heterocycles. The third-order valence-corrected chi connectivity index (χ3v) is 2.35. The van der Waals surface area contributed by atoms with Crippen LogP contribution in [0.1, 0.15) is 0 Å². The van der Waals surface area contributed by atoms with Gasteiger partial charge in [-0.3, -0.25) is 4.79 Å². The fourth-order valence-corrected chi connectivity index (χ4v) is 1.57. The average molecular weight is 249 g/mol. The Balaban J connectivity index is 2.68. The van der Waals surface area contributed by atoms with Gasteiger partial charge in [0.25, 0.3) is 0 Å². The highest BCUT2D eigenvalue weighted by molar-refractivity contribution is 7.99. The molecular weight excluding hydrogens is 240 g/mol. The summed E-state index contributed by atoms with van der Waals surface area (Å²) in [5, 5.41) is 3.20. The molecule has 6 nitrogen and oxygen atoms in total. The molecule has 0 unspecified atom stereocenters. The van der Waals surface area contributed by atoms with Crippen LogP contribution in [0.3, 0.4) is 0 Å². The van der Waals surface area contributed by atoms with Crippen LogP contribution in [0.25, 0.3) is 0 Å². The molecule has 1 aromatic heterocycles. The summed E-state index contributed by atoms with van der Waals surface area (Å²) >= 11 is 6.78. The molecule has 1 aromatic rings. The predicted molar refractivity (Wildman–Crippen MR) is 57.1 cm³/mol. The van der Waals surface area contributed by atoms with Crippen molar-refractivity contribution in [3.05, 3.63) is 5.28 Å². The number of aromatic nitrogens is 3. The normalized spacial score (nSPS) is 9.80. The van der Waals surface area contributed by atoms with Crippen LogP contribution >= 0.6 is 23.4 Å². The van der Waals surface area contributed by atoms with Gasteiger partial charge in [-0.1, -0.05) is 11.8 Å². The molecule has 1 N–H and O–H groups in total. The van der Waals surface area contributed by atoms with E-state index in [-0.39, 0.29) is 17.0 Å². The molecule has 0 amide bonds. The van der Waals surface area contributed by atoms with Crippen LogP contribution in [-0.4, -0.2) is 40.8 Å². The summed E-state index contributed by atoms with van der Waals surface area (Å²) < 4.78 is 4.48. The number of methoxy groups -OCH3 is 1. The summed E-state index contributed by atoms with van der Waals surface area (Å²) in [5.41, 5.74) is 0. The Morgan fingerprint density at radius 2 is 2.27 bits per heavy atom. The fraction of sp³-hybridized carbons (Fsp3) is 0.429. The number of hydrogen-bond donors (Lipinski definition) is 1. The van der Waals surface area contributed by atoms with E-state index in [1.54, 1.807) is 7.05 Å². The highest BCUT2D eigenvalue weighted by Gasteiger charge is 2.07. The Kier molecular flexibility index (Phi) is 4.57. The number of esters is 1. The van der Waals surface area contributed by atoms with Crippen LogP contribution in [0.4, 0.5) is 5.95 Å². The van der Waals surface area contributed by atoms with Crippen molar-refractivity contribution in [1.82, 2.24) is 15.0 Å². The van der Waals surface area contributed by atoms with Gasteiger partial charge in [-0.25, -0.2) is 0 Å². The summed E-state index contributed by atoms with van der Waals surface area (Å²) in [7, 11) is 2.99. The van der Waals surface area contributed by atoms with Crippen LogP contribution < -0.4 is 5.32 Å². The molecule has 0 atom stereocenters. The molecule has 0 spiro atoms. The van der Waals surface area contributed by atoms with Crippen molar-refractivity contribution in [1.29, 1.82) is 0 Å². The number of nitrogens with one attached hydrogen (secondary N) is 1. The minimum absolute atomic E-state index is 0.0849. The summed E-state index contributed by atoms with van der Waals surface area (Å²) in [6, 6.07) is 0. The van der Waals surface area contributed by atoms with Gasteiger partial charge in [-0.15, -0.1) is 0 Å². The van der Waals surface area contributed by atoms with E-state index in [9.17, 15) is 4.79 Å². The monoisotopic (exact) mass is 248 g/mol. The molecule has 15 heavy (non-hydrogen) atoms. The van der Waals surface area contributed by atoms with E-state index in [0.29, 0.717) is 11.1 Å². The maximum atomic E-state index is 10.9. The number of rotatable bonds is 4. The maximum Gasteiger partial charge on any atom is 0.316 e. The van der Waals surface area contributed by atoms with Crippen molar-refractivity contribution < 1.29 is 9.53 Å². The summed E-state index contributed by atoms with van der Waals surface area (Å²) in [6.45, 7) is 0. The zero-order chi connectivity index (χ0) is 11.3. The molecule has 8 heteroatoms. The lowest BCUT2D eigenvalue weighted by Gasteiger charge is -2.02. The molecule has 0 bridgehead atoms. The Labute approximate surface area is 95.8 Å². The quantitative estimate of drug-likeness (QED) is 0.625. The number of anilines is 1. The van der Waals surface area contributed by atoms with E-state index in [2.05, 4.69) is 25.0 Å². The van der Waals surface area contributed by atoms with Crippen LogP contribution in [0.5, 0.6) is 0 Å². The number of carbonyl (C=O) groups is 1. The van der Waals surface area contributed by atoms with E-state index in [4.69, 9.17) is 11.6 Å². The maximum absolute atomic E-state index is 10.9. The van der Waals surface area contributed by atoms with Crippen molar-refractivity contribution >= 4 is 35.3 Å². The minimum Gasteiger partial charge on any atom is -0.468 e. The Morgan fingerprint density at radius 1 is 1.53 bits per heavy atom. The molecule has 0 saturated heterocycles. The molecule has 0 saturated carbocycles. The summed E-state index contributed by atoms with van der Waals surface area (Å²) in [6.07, 6.45) is 0. The van der Waals surface area contributed by atoms with Crippen LogP contribution in [-0.2, 0) is 9.53 Å². The lowest BCUT2D eigenvalue weighted by molar-refractivity contribution is -0.137. The highest BCUT2D eigenvalue weighted by atomic mass is 35.5. The van der Waals surface area contributed by atoms with Crippen LogP contribution in [0.15, 0.2) is 5.16 Å². The largest absolute Gasteiger partial charge is 0.468 e. The highest BCUT2D eigenvalue weighted by Crippen LogP contribution is 2.16. The first-order chi connectivity index (χ1) is 7.15. The van der Waals surface area contributed by atoms with E-state index in [1.807, 2.05) is 0 Å². The van der Waals surface area contributed by atoms with E-state index in [1.165, 1.54) is 7.11 Å². The smallest absolute Gasteiger partial charge is 0.316 e. The number of hydrogen-bond acceptors (Lipinski definition) is 7. The number of thioether (sulfide) groups is 1. The van der Waals surface area contributed by atoms with Gasteiger partial charge in [0, 0.05) is 7.05 Å². The first-order valence-electron chi connectivity index (χ1n) is 3.94. The third-order valence-electron chi connectivity index (χ3n) is 1.36. The molecule has 0 aliphatic carbocycles. The van der Waals surface area contributed by atoms with Crippen molar-refractivity contribution in [2.45, 2.75) is 5.16 Å². The molecule has 0 radical (unpaired) electrons. The van der Waals surface area contributed by atoms with E-state index in [0.717, 1.165) is 11.8 Å². The number of nitrogens with zero attached hydrogens (tertiary/aromatic N) is 3. The van der Waals surface area contributed by atoms with Gasteiger partial charge in [0.05, 0.1) is 12.9 Å². The molecule has 0 fully saturated rings. The van der Waals surface area contributed by atoms with Gasteiger partial charge in [0.2, 0.25) is 11.2 Å². The van der Waals surface area contributed by atoms with Gasteiger partial charge in [0.15, 0.2) is 5.16 Å². The second-order valence-corrected chi connectivity index (χ2v) is 3.61. The van der Waals surface area contributed by atoms with Crippen molar-refractivity contribution in [3.8, 4) is 0 Å². The number of halogens is 1. The molecular formula is C7H9ClN4O2S. The zero-order valence-corrected chi connectivity index (χ0v) is 9.72. The molecule has 1 rings (SSSR count). The first kappa shape index (κ1) is 12.0. The molecule has 0 aliphatic rings. The lowest BCUT2D eigenvalue weighted by atomic mass is 10.8. The first-order valence-corrected chi connectivity index (χ1v) is 5.31. The van der Waals surface area contributed by atoms with E-state index < -0.39 is 0 Å². The second-order valence-electron chi connectivity index (χ2n) is 2.33. The summed E-state index contributed by atoms with van der Waals surface area (Å²) in [5.74, 6) is 0.157. The van der Waals surface area contributed by atoms with Gasteiger partial charge in [-0.05, 0) is 11.6 Å². The number of carbonyl (C=O) groups excluding carboxylic acids is 1. The van der Waals surface area contributed by atoms with Crippen LogP contribution in [0.2, 0.25) is 5.28 Å². The Morgan fingerprint density at radius 3 is 2.87 bits per heavy atom. The van der Waals surface area contributed by atoms with Crippen molar-refractivity contribution in [2.24, 2.45) is 0 Å². The van der Waals surface area contributed by atoms with E-state index >= 15 is 0 Å². The Hall–Kier alpha value is -1.08. The fourth-order valence-electron chi connectivity index (χ4n) is 0.691. The molecule has 0 aromatic carbocycles. The predicted octanol–water partition coefficient (Wildman–Crippen LogP) is 0.832. The van der Waals surface area contributed by atoms with Crippen LogP contribution in [0, 0.1) is 0 Å². The lowest BCUT2D eigenvalue weighted by Crippen LogP contribution is -2.05. The standard InChI is InChI=1S/C7H9ClN4O2S/c1-9-6-10-5(8)11-7(12-6)15-3-4(13)14-2/h3H2,1-2H3,(H,9,10,11,12). The zero-order valence-electron chi connectivity index (χ0n) is 8.15. The second kappa shape index (κ2) is 5.72. The van der Waals surface area contributed by atoms with Gasteiger partial charge >= 0.3 is 5.97 Å². The third kappa shape index (κ3) is 3.88. The SMILES string of the molecule is CNc1nc(Cl)nc(SCC(=O)OC)n1. The molecule has 82 valence electrons. The van der Waals surface area contributed by atoms with Crippen molar-refractivity contribution in [2.75, 3.05) is 25.2 Å². The number of ether oxygens (including phenoxy) is 1. The van der Waals surface area contributed by atoms with Gasteiger partial charge < -0.3 is 10.1 Å². The van der Waals surface area contributed by atoms with Gasteiger partial charge in [0.1, 0.15) is 0 Å². The minimum atomic E-state index is -0.345. The topological polar surface area (TPSA) is 77.0 Å². The Bertz CT molecular complexity index is 363. The molecule has 0 aliphatic heterocycles. The van der Waals surface area contributed by atoms with Gasteiger partial charge in [-0.2, -0.15) is 15.0 Å². The van der Waals surface area contributed by atoms with Crippen molar-refractivity contribution in [3.63, 3.8) is 0 Å². The average Bonchev–Trinajstić information content (AvgIpc) is 2.25. The summed E-state index contributed by atoms with van der Waals surface area (Å²) in [4.78, 5) is 22.5.